The zero-order valence-electron chi connectivity index (χ0n) is 15.8. The van der Waals surface area contributed by atoms with E-state index in [1.807, 2.05) is 0 Å². The summed E-state index contributed by atoms with van der Waals surface area (Å²) in [6, 6.07) is 1.53. The summed E-state index contributed by atoms with van der Waals surface area (Å²) < 4.78 is 9.23. The van der Waals surface area contributed by atoms with E-state index in [1.165, 1.54) is 30.1 Å². The molecular formula is C17H19N7O4. The smallest absolute Gasteiger partial charge is 0.374 e. The van der Waals surface area contributed by atoms with Crippen LogP contribution in [0.25, 0.3) is 0 Å². The second kappa shape index (κ2) is 7.39. The number of hydrogen-bond acceptors (Lipinski definition) is 6. The first-order valence-electron chi connectivity index (χ1n) is 8.18. The van der Waals surface area contributed by atoms with Crippen molar-refractivity contribution in [2.45, 2.75) is 0 Å². The number of nitrogens with zero attached hydrogens (tertiary/aromatic N) is 5. The fourth-order valence-corrected chi connectivity index (χ4v) is 2.62. The Bertz CT molecular complexity index is 1060. The number of aryl methyl sites for hydroxylation is 3. The van der Waals surface area contributed by atoms with Gasteiger partial charge >= 0.3 is 5.97 Å². The van der Waals surface area contributed by atoms with Gasteiger partial charge in [-0.05, 0) is 6.07 Å². The molecule has 11 nitrogen and oxygen atoms in total. The van der Waals surface area contributed by atoms with Crippen molar-refractivity contribution in [3.05, 3.63) is 48.2 Å². The monoisotopic (exact) mass is 385 g/mol. The van der Waals surface area contributed by atoms with Crippen LogP contribution in [0.5, 0.6) is 0 Å². The van der Waals surface area contributed by atoms with E-state index in [1.54, 1.807) is 42.7 Å². The van der Waals surface area contributed by atoms with E-state index >= 15 is 0 Å². The summed E-state index contributed by atoms with van der Waals surface area (Å²) >= 11 is 0. The Hall–Kier alpha value is -3.89. The van der Waals surface area contributed by atoms with E-state index in [2.05, 4.69) is 25.3 Å². The predicted molar refractivity (Wildman–Crippen MR) is 99.1 cm³/mol. The van der Waals surface area contributed by atoms with E-state index < -0.39 is 17.8 Å². The number of ether oxygens (including phenoxy) is 1. The lowest BCUT2D eigenvalue weighted by Gasteiger charge is -2.02. The highest BCUT2D eigenvalue weighted by atomic mass is 16.5. The maximum absolute atomic E-state index is 12.6. The van der Waals surface area contributed by atoms with Crippen molar-refractivity contribution in [1.29, 1.82) is 0 Å². The van der Waals surface area contributed by atoms with Crippen LogP contribution in [0.4, 0.5) is 11.5 Å². The zero-order valence-corrected chi connectivity index (χ0v) is 15.8. The molecule has 0 radical (unpaired) electrons. The van der Waals surface area contributed by atoms with E-state index in [-0.39, 0.29) is 17.5 Å². The molecule has 2 N–H and O–H groups in total. The van der Waals surface area contributed by atoms with Crippen molar-refractivity contribution >= 4 is 29.3 Å². The number of aromatic nitrogens is 5. The lowest BCUT2D eigenvalue weighted by molar-refractivity contribution is 0.0582. The van der Waals surface area contributed by atoms with Crippen LogP contribution in [0.15, 0.2) is 30.9 Å². The summed E-state index contributed by atoms with van der Waals surface area (Å²) in [4.78, 5) is 44.4. The average Bonchev–Trinajstić information content (AvgIpc) is 3.33. The van der Waals surface area contributed by atoms with Gasteiger partial charge < -0.3 is 29.1 Å². The molecule has 0 saturated carbocycles. The number of esters is 1. The first kappa shape index (κ1) is 18.9. The molecule has 3 heterocycles. The quantitative estimate of drug-likeness (QED) is 0.626. The minimum Gasteiger partial charge on any atom is -0.463 e. The molecule has 3 rings (SSSR count). The Kier molecular flexibility index (Phi) is 4.98. The summed E-state index contributed by atoms with van der Waals surface area (Å²) in [5, 5.41) is 5.31. The highest BCUT2D eigenvalue weighted by Gasteiger charge is 2.19. The van der Waals surface area contributed by atoms with Gasteiger partial charge in [-0.3, -0.25) is 9.59 Å². The molecule has 3 aromatic heterocycles. The summed E-state index contributed by atoms with van der Waals surface area (Å²) in [7, 11) is 6.24. The van der Waals surface area contributed by atoms with E-state index in [0.717, 1.165) is 0 Å². The van der Waals surface area contributed by atoms with Crippen molar-refractivity contribution in [3.8, 4) is 0 Å². The van der Waals surface area contributed by atoms with Crippen molar-refractivity contribution < 1.29 is 19.1 Å². The molecule has 0 aliphatic carbocycles. The Balaban J connectivity index is 1.74. The van der Waals surface area contributed by atoms with Gasteiger partial charge in [-0.25, -0.2) is 14.8 Å². The molecule has 0 aliphatic rings. The number of nitrogens with one attached hydrogen (secondary N) is 2. The second-order valence-corrected chi connectivity index (χ2v) is 6.05. The molecule has 0 atom stereocenters. The van der Waals surface area contributed by atoms with E-state index in [0.29, 0.717) is 11.4 Å². The van der Waals surface area contributed by atoms with Gasteiger partial charge in [-0.15, -0.1) is 0 Å². The molecule has 28 heavy (non-hydrogen) atoms. The second-order valence-electron chi connectivity index (χ2n) is 6.05. The van der Waals surface area contributed by atoms with Gasteiger partial charge in [0.2, 0.25) is 5.82 Å². The summed E-state index contributed by atoms with van der Waals surface area (Å²) in [5.74, 6) is -0.938. The number of carbonyl (C=O) groups is 3. The Morgan fingerprint density at radius 1 is 0.964 bits per heavy atom. The number of imidazole rings is 2. The van der Waals surface area contributed by atoms with Crippen molar-refractivity contribution in [2.24, 2.45) is 21.1 Å². The minimum atomic E-state index is -0.610. The van der Waals surface area contributed by atoms with Gasteiger partial charge in [0.1, 0.15) is 5.69 Å². The number of rotatable bonds is 5. The zero-order chi connectivity index (χ0) is 20.4. The predicted octanol–water partition coefficient (Wildman–Crippen LogP) is 0.783. The van der Waals surface area contributed by atoms with Crippen LogP contribution >= 0.6 is 0 Å². The first-order chi connectivity index (χ1) is 13.3. The Labute approximate surface area is 159 Å². The van der Waals surface area contributed by atoms with Crippen LogP contribution < -0.4 is 10.6 Å². The van der Waals surface area contributed by atoms with Gasteiger partial charge in [0.25, 0.3) is 11.8 Å². The number of amides is 2. The van der Waals surface area contributed by atoms with Crippen molar-refractivity contribution in [2.75, 3.05) is 17.7 Å². The number of carbonyl (C=O) groups excluding carboxylic acids is 3. The van der Waals surface area contributed by atoms with Crippen molar-refractivity contribution in [3.63, 3.8) is 0 Å². The third-order valence-electron chi connectivity index (χ3n) is 4.01. The lowest BCUT2D eigenvalue weighted by atomic mass is 10.3. The minimum absolute atomic E-state index is 0.0627. The Morgan fingerprint density at radius 3 is 2.36 bits per heavy atom. The summed E-state index contributed by atoms with van der Waals surface area (Å²) in [6.45, 7) is 0. The molecule has 11 heteroatoms. The number of methoxy groups -OCH3 is 1. The van der Waals surface area contributed by atoms with Crippen LogP contribution in [0.1, 0.15) is 31.7 Å². The van der Waals surface area contributed by atoms with Crippen LogP contribution in [-0.4, -0.2) is 48.6 Å². The maximum Gasteiger partial charge on any atom is 0.374 e. The molecule has 0 aliphatic heterocycles. The molecule has 146 valence electrons. The third-order valence-corrected chi connectivity index (χ3v) is 4.01. The summed E-state index contributed by atoms with van der Waals surface area (Å²) in [6.07, 6.45) is 6.29. The standard InChI is InChI=1S/C17H19N7O4/c1-22-6-5-18-13(22)16(26)19-10-7-11(23(2)8-10)15(25)21-12-9-24(3)14(20-12)17(27)28-4/h5-9H,1-4H3,(H,19,26)(H,21,25). The van der Waals surface area contributed by atoms with Gasteiger partial charge in [-0.2, -0.15) is 0 Å². The fraction of sp³-hybridized carbons (Fsp3) is 0.235. The molecule has 0 aromatic carbocycles. The molecule has 2 amide bonds. The molecule has 0 saturated heterocycles. The van der Waals surface area contributed by atoms with E-state index in [4.69, 9.17) is 0 Å². The topological polar surface area (TPSA) is 125 Å². The molecule has 0 fully saturated rings. The van der Waals surface area contributed by atoms with Crippen LogP contribution in [0.2, 0.25) is 0 Å². The molecule has 0 bridgehead atoms. The van der Waals surface area contributed by atoms with Crippen LogP contribution in [-0.2, 0) is 25.9 Å². The Morgan fingerprint density at radius 2 is 1.71 bits per heavy atom. The number of hydrogen-bond donors (Lipinski definition) is 2. The average molecular weight is 385 g/mol. The van der Waals surface area contributed by atoms with E-state index in [9.17, 15) is 14.4 Å². The normalized spacial score (nSPS) is 10.6. The molecule has 3 aromatic rings. The summed E-state index contributed by atoms with van der Waals surface area (Å²) in [5.41, 5.74) is 0.734. The highest BCUT2D eigenvalue weighted by Crippen LogP contribution is 2.16. The first-order valence-corrected chi connectivity index (χ1v) is 8.18. The maximum atomic E-state index is 12.6. The fourth-order valence-electron chi connectivity index (χ4n) is 2.62. The SMILES string of the molecule is COC(=O)c1nc(NC(=O)c2cc(NC(=O)c3nccn3C)cn2C)cn1C. The lowest BCUT2D eigenvalue weighted by Crippen LogP contribution is -2.16. The van der Waals surface area contributed by atoms with Gasteiger partial charge in [0, 0.05) is 45.9 Å². The van der Waals surface area contributed by atoms with Crippen molar-refractivity contribution in [1.82, 2.24) is 23.7 Å². The highest BCUT2D eigenvalue weighted by molar-refractivity contribution is 6.06. The van der Waals surface area contributed by atoms with Gasteiger partial charge in [0.15, 0.2) is 11.6 Å². The third kappa shape index (κ3) is 3.63. The van der Waals surface area contributed by atoms with Gasteiger partial charge in [-0.1, -0.05) is 0 Å². The molecule has 0 unspecified atom stereocenters. The van der Waals surface area contributed by atoms with Crippen LogP contribution in [0.3, 0.4) is 0 Å². The van der Waals surface area contributed by atoms with Crippen LogP contribution in [0, 0.1) is 0 Å². The molecule has 0 spiro atoms. The number of anilines is 2. The largest absolute Gasteiger partial charge is 0.463 e. The molecular weight excluding hydrogens is 366 g/mol. The van der Waals surface area contributed by atoms with Gasteiger partial charge in [0.05, 0.1) is 12.8 Å².